The van der Waals surface area contributed by atoms with E-state index in [0.717, 1.165) is 38.5 Å². The second kappa shape index (κ2) is 39.3. The maximum atomic E-state index is 13.0. The molecule has 340 valence electrons. The Labute approximate surface area is 351 Å². The Morgan fingerprint density at radius 3 is 1.25 bits per heavy atom. The molecule has 0 aromatic heterocycles. The molecular formula is C48H95NO8. The van der Waals surface area contributed by atoms with Gasteiger partial charge in [-0.15, -0.1) is 0 Å². The average molecular weight is 814 g/mol. The third-order valence-corrected chi connectivity index (χ3v) is 12.2. The van der Waals surface area contributed by atoms with Crippen molar-refractivity contribution >= 4 is 5.91 Å². The summed E-state index contributed by atoms with van der Waals surface area (Å²) in [5.41, 5.74) is 0. The van der Waals surface area contributed by atoms with Crippen molar-refractivity contribution < 1.29 is 39.8 Å². The SMILES string of the molecule is CCCCCCCCCCCCCCCCCCCCCCCC(=O)N[C@@H](CO[C@@H]1O[C@H](CO)[C@H](O)[C@H](O)[C@H]1O)[C@H](O)CCCCCCCCCCCCCCC. The van der Waals surface area contributed by atoms with Gasteiger partial charge in [-0.05, 0) is 12.8 Å². The van der Waals surface area contributed by atoms with Crippen LogP contribution in [0.4, 0.5) is 0 Å². The molecule has 1 saturated heterocycles. The van der Waals surface area contributed by atoms with Crippen LogP contribution in [0.25, 0.3) is 0 Å². The highest BCUT2D eigenvalue weighted by atomic mass is 16.7. The molecule has 0 bridgehead atoms. The van der Waals surface area contributed by atoms with E-state index in [9.17, 15) is 30.3 Å². The number of aliphatic hydroxyl groups excluding tert-OH is 5. The van der Waals surface area contributed by atoms with Gasteiger partial charge < -0.3 is 40.3 Å². The highest BCUT2D eigenvalue weighted by Crippen LogP contribution is 2.23. The number of nitrogens with one attached hydrogen (secondary N) is 1. The molecule has 57 heavy (non-hydrogen) atoms. The third kappa shape index (κ3) is 30.0. The highest BCUT2D eigenvalue weighted by Gasteiger charge is 2.44. The lowest BCUT2D eigenvalue weighted by molar-refractivity contribution is -0.302. The van der Waals surface area contributed by atoms with Gasteiger partial charge in [-0.2, -0.15) is 0 Å². The van der Waals surface area contributed by atoms with Crippen molar-refractivity contribution in [1.82, 2.24) is 5.32 Å². The van der Waals surface area contributed by atoms with Gasteiger partial charge in [0.05, 0.1) is 25.4 Å². The normalized spacial score (nSPS) is 20.9. The molecule has 0 radical (unpaired) electrons. The second-order valence-electron chi connectivity index (χ2n) is 17.6. The number of carbonyl (C=O) groups excluding carboxylic acids is 1. The Hall–Kier alpha value is -0.810. The Morgan fingerprint density at radius 1 is 0.526 bits per heavy atom. The van der Waals surface area contributed by atoms with E-state index in [0.29, 0.717) is 12.8 Å². The van der Waals surface area contributed by atoms with Crippen LogP contribution in [-0.4, -0.2) is 87.5 Å². The van der Waals surface area contributed by atoms with Gasteiger partial charge in [0, 0.05) is 6.42 Å². The number of rotatable bonds is 42. The van der Waals surface area contributed by atoms with Gasteiger partial charge in [-0.3, -0.25) is 4.79 Å². The van der Waals surface area contributed by atoms with E-state index in [1.165, 1.54) is 180 Å². The average Bonchev–Trinajstić information content (AvgIpc) is 3.21. The second-order valence-corrected chi connectivity index (χ2v) is 17.6. The molecule has 6 N–H and O–H groups in total. The van der Waals surface area contributed by atoms with Crippen LogP contribution in [0.3, 0.4) is 0 Å². The van der Waals surface area contributed by atoms with Crippen molar-refractivity contribution in [2.24, 2.45) is 0 Å². The first-order chi connectivity index (χ1) is 27.8. The number of hydrogen-bond acceptors (Lipinski definition) is 8. The van der Waals surface area contributed by atoms with Crippen LogP contribution in [0.5, 0.6) is 0 Å². The van der Waals surface area contributed by atoms with Crippen LogP contribution in [-0.2, 0) is 14.3 Å². The predicted octanol–water partition coefficient (Wildman–Crippen LogP) is 10.7. The standard InChI is InChI=1S/C48H95NO8/c1-3-5-7-9-11-13-15-17-18-19-20-21-22-23-24-26-28-30-32-34-36-38-44(52)49-41(40-56-48-47(55)46(54)45(53)43(39-50)57-48)42(51)37-35-33-31-29-27-25-16-14-12-10-8-6-4-2/h41-43,45-48,50-51,53-55H,3-40H2,1-2H3,(H,49,52)/t41-,42+,43+,45-,46-,47+,48+/m0/s1. The molecular weight excluding hydrogens is 719 g/mol. The van der Waals surface area contributed by atoms with Gasteiger partial charge in [-0.25, -0.2) is 0 Å². The van der Waals surface area contributed by atoms with Gasteiger partial charge in [0.25, 0.3) is 0 Å². The van der Waals surface area contributed by atoms with E-state index in [4.69, 9.17) is 9.47 Å². The molecule has 0 aromatic carbocycles. The number of hydrogen-bond donors (Lipinski definition) is 6. The van der Waals surface area contributed by atoms with E-state index in [1.807, 2.05) is 0 Å². The van der Waals surface area contributed by atoms with Crippen molar-refractivity contribution in [3.8, 4) is 0 Å². The molecule has 0 saturated carbocycles. The number of amides is 1. The van der Waals surface area contributed by atoms with Crippen molar-refractivity contribution in [1.29, 1.82) is 0 Å². The lowest BCUT2D eigenvalue weighted by atomic mass is 9.99. The van der Waals surface area contributed by atoms with Crippen LogP contribution in [0, 0.1) is 0 Å². The minimum atomic E-state index is -1.55. The summed E-state index contributed by atoms with van der Waals surface area (Å²) in [5, 5.41) is 54.4. The lowest BCUT2D eigenvalue weighted by Gasteiger charge is -2.40. The first-order valence-corrected chi connectivity index (χ1v) is 24.7. The lowest BCUT2D eigenvalue weighted by Crippen LogP contribution is -2.60. The Balaban J connectivity index is 2.24. The molecule has 0 aromatic rings. The highest BCUT2D eigenvalue weighted by molar-refractivity contribution is 5.76. The van der Waals surface area contributed by atoms with Crippen LogP contribution < -0.4 is 5.32 Å². The first kappa shape index (κ1) is 54.2. The summed E-state index contributed by atoms with van der Waals surface area (Å²) in [5.74, 6) is -0.139. The van der Waals surface area contributed by atoms with Gasteiger partial charge in [0.2, 0.25) is 5.91 Å². The van der Waals surface area contributed by atoms with Crippen molar-refractivity contribution in [3.63, 3.8) is 0 Å². The molecule has 1 heterocycles. The quantitative estimate of drug-likeness (QED) is 0.0334. The van der Waals surface area contributed by atoms with Gasteiger partial charge in [0.15, 0.2) is 6.29 Å². The topological polar surface area (TPSA) is 149 Å². The zero-order valence-electron chi connectivity index (χ0n) is 37.4. The molecule has 0 unspecified atom stereocenters. The summed E-state index contributed by atoms with van der Waals surface area (Å²) in [4.78, 5) is 13.0. The summed E-state index contributed by atoms with van der Waals surface area (Å²) >= 11 is 0. The fourth-order valence-corrected chi connectivity index (χ4v) is 8.22. The van der Waals surface area contributed by atoms with E-state index in [-0.39, 0.29) is 12.5 Å². The largest absolute Gasteiger partial charge is 0.394 e. The van der Waals surface area contributed by atoms with E-state index in [2.05, 4.69) is 19.2 Å². The van der Waals surface area contributed by atoms with Gasteiger partial charge >= 0.3 is 0 Å². The number of unbranched alkanes of at least 4 members (excludes halogenated alkanes) is 32. The predicted molar refractivity (Wildman–Crippen MR) is 235 cm³/mol. The van der Waals surface area contributed by atoms with Gasteiger partial charge in [0.1, 0.15) is 24.4 Å². The maximum absolute atomic E-state index is 13.0. The van der Waals surface area contributed by atoms with E-state index < -0.39 is 49.5 Å². The fourth-order valence-electron chi connectivity index (χ4n) is 8.22. The van der Waals surface area contributed by atoms with Crippen LogP contribution >= 0.6 is 0 Å². The van der Waals surface area contributed by atoms with E-state index in [1.54, 1.807) is 0 Å². The van der Waals surface area contributed by atoms with Crippen molar-refractivity contribution in [2.45, 2.75) is 288 Å². The summed E-state index contributed by atoms with van der Waals surface area (Å²) in [6.07, 6.45) is 36.8. The minimum Gasteiger partial charge on any atom is -0.394 e. The number of aliphatic hydroxyl groups is 5. The third-order valence-electron chi connectivity index (χ3n) is 12.2. The minimum absolute atomic E-state index is 0.132. The Kier molecular flexibility index (Phi) is 37.4. The monoisotopic (exact) mass is 814 g/mol. The van der Waals surface area contributed by atoms with Crippen molar-refractivity contribution in [2.75, 3.05) is 13.2 Å². The van der Waals surface area contributed by atoms with E-state index >= 15 is 0 Å². The van der Waals surface area contributed by atoms with Crippen molar-refractivity contribution in [3.05, 3.63) is 0 Å². The van der Waals surface area contributed by atoms with Gasteiger partial charge in [-0.1, -0.05) is 226 Å². The Morgan fingerprint density at radius 2 is 0.877 bits per heavy atom. The van der Waals surface area contributed by atoms with Crippen LogP contribution in [0.15, 0.2) is 0 Å². The zero-order chi connectivity index (χ0) is 41.6. The zero-order valence-corrected chi connectivity index (χ0v) is 37.4. The first-order valence-electron chi connectivity index (χ1n) is 24.7. The molecule has 9 heteroatoms. The molecule has 1 aliphatic heterocycles. The molecule has 1 rings (SSSR count). The molecule has 7 atom stereocenters. The number of carbonyl (C=O) groups is 1. The molecule has 1 aliphatic rings. The summed E-state index contributed by atoms with van der Waals surface area (Å²) < 4.78 is 11.3. The summed E-state index contributed by atoms with van der Waals surface area (Å²) in [6, 6.07) is -0.711. The Bertz CT molecular complexity index is 862. The molecule has 0 aliphatic carbocycles. The summed E-state index contributed by atoms with van der Waals surface area (Å²) in [7, 11) is 0. The summed E-state index contributed by atoms with van der Waals surface area (Å²) in [6.45, 7) is 3.85. The number of ether oxygens (including phenoxy) is 2. The molecule has 1 amide bonds. The molecule has 1 fully saturated rings. The molecule has 0 spiro atoms. The van der Waals surface area contributed by atoms with Crippen LogP contribution in [0.2, 0.25) is 0 Å². The van der Waals surface area contributed by atoms with Crippen LogP contribution in [0.1, 0.15) is 245 Å². The fraction of sp³-hybridized carbons (Fsp3) is 0.979. The smallest absolute Gasteiger partial charge is 0.220 e. The maximum Gasteiger partial charge on any atom is 0.220 e. The molecule has 9 nitrogen and oxygen atoms in total.